The molecule has 0 aromatic heterocycles. The summed E-state index contributed by atoms with van der Waals surface area (Å²) < 4.78 is 5.95. The number of ether oxygens (including phenoxy) is 1. The lowest BCUT2D eigenvalue weighted by atomic mass is 10.1. The maximum Gasteiger partial charge on any atom is 0.312 e. The number of benzene rings is 2. The van der Waals surface area contributed by atoms with Crippen molar-refractivity contribution in [3.63, 3.8) is 0 Å². The van der Waals surface area contributed by atoms with Gasteiger partial charge in [-0.05, 0) is 17.7 Å². The van der Waals surface area contributed by atoms with Gasteiger partial charge in [0.1, 0.15) is 12.7 Å². The maximum absolute atomic E-state index is 10.9. The van der Waals surface area contributed by atoms with Gasteiger partial charge in [0.25, 0.3) is 0 Å². The number of nitro benzene ring substituents is 1. The lowest BCUT2D eigenvalue weighted by Crippen LogP contribution is -2.10. The number of hydrogen-bond donors (Lipinski definition) is 1. The molecular formula is C14H12BrNO4. The average Bonchev–Trinajstić information content (AvgIpc) is 2.46. The van der Waals surface area contributed by atoms with Crippen LogP contribution in [-0.2, 0) is 0 Å². The van der Waals surface area contributed by atoms with Crippen LogP contribution in [0.15, 0.2) is 53.0 Å². The van der Waals surface area contributed by atoms with Crippen molar-refractivity contribution < 1.29 is 14.8 Å². The first-order valence-corrected chi connectivity index (χ1v) is 6.67. The molecule has 104 valence electrons. The van der Waals surface area contributed by atoms with Gasteiger partial charge in [-0.25, -0.2) is 0 Å². The Morgan fingerprint density at radius 2 is 1.95 bits per heavy atom. The fraction of sp³-hybridized carbons (Fsp3) is 0.143. The molecule has 2 rings (SSSR count). The number of nitro groups is 1. The Morgan fingerprint density at radius 3 is 2.60 bits per heavy atom. The second-order valence-corrected chi connectivity index (χ2v) is 5.02. The summed E-state index contributed by atoms with van der Waals surface area (Å²) in [5, 5.41) is 20.9. The van der Waals surface area contributed by atoms with Gasteiger partial charge in [-0.15, -0.1) is 0 Å². The zero-order valence-electron chi connectivity index (χ0n) is 10.4. The zero-order valence-corrected chi connectivity index (χ0v) is 12.0. The Kier molecular flexibility index (Phi) is 4.70. The van der Waals surface area contributed by atoms with Crippen LogP contribution in [0.3, 0.4) is 0 Å². The quantitative estimate of drug-likeness (QED) is 0.669. The van der Waals surface area contributed by atoms with E-state index in [0.29, 0.717) is 10.0 Å². The SMILES string of the molecule is O=[N+]([O-])c1cc(Br)ccc1OCC(O)c1ccccc1. The van der Waals surface area contributed by atoms with Gasteiger partial charge < -0.3 is 9.84 Å². The first kappa shape index (κ1) is 14.5. The summed E-state index contributed by atoms with van der Waals surface area (Å²) in [6.07, 6.45) is -0.834. The number of halogens is 1. The lowest BCUT2D eigenvalue weighted by molar-refractivity contribution is -0.386. The van der Waals surface area contributed by atoms with Crippen molar-refractivity contribution >= 4 is 21.6 Å². The van der Waals surface area contributed by atoms with Gasteiger partial charge >= 0.3 is 5.69 Å². The van der Waals surface area contributed by atoms with Crippen LogP contribution in [0.2, 0.25) is 0 Å². The highest BCUT2D eigenvalue weighted by molar-refractivity contribution is 9.10. The van der Waals surface area contributed by atoms with E-state index in [4.69, 9.17) is 4.74 Å². The van der Waals surface area contributed by atoms with E-state index < -0.39 is 11.0 Å². The van der Waals surface area contributed by atoms with Gasteiger partial charge in [-0.2, -0.15) is 0 Å². The average molecular weight is 338 g/mol. The molecule has 0 aliphatic carbocycles. The van der Waals surface area contributed by atoms with Crippen molar-refractivity contribution in [3.05, 3.63) is 68.7 Å². The molecule has 2 aromatic carbocycles. The van der Waals surface area contributed by atoms with E-state index in [9.17, 15) is 15.2 Å². The third-order valence-electron chi connectivity index (χ3n) is 2.70. The van der Waals surface area contributed by atoms with Crippen molar-refractivity contribution in [2.45, 2.75) is 6.10 Å². The fourth-order valence-electron chi connectivity index (χ4n) is 1.70. The molecule has 2 aromatic rings. The maximum atomic E-state index is 10.9. The minimum Gasteiger partial charge on any atom is -0.484 e. The van der Waals surface area contributed by atoms with E-state index in [-0.39, 0.29) is 18.0 Å². The Morgan fingerprint density at radius 1 is 1.25 bits per heavy atom. The molecule has 0 amide bonds. The van der Waals surface area contributed by atoms with Gasteiger partial charge in [0, 0.05) is 10.5 Å². The number of hydrogen-bond acceptors (Lipinski definition) is 4. The van der Waals surface area contributed by atoms with Crippen LogP contribution in [0.25, 0.3) is 0 Å². The number of nitrogens with zero attached hydrogens (tertiary/aromatic N) is 1. The number of aliphatic hydroxyl groups is 1. The normalized spacial score (nSPS) is 11.9. The molecule has 0 aliphatic rings. The zero-order chi connectivity index (χ0) is 14.5. The van der Waals surface area contributed by atoms with E-state index in [1.165, 1.54) is 12.1 Å². The Labute approximate surface area is 124 Å². The first-order valence-electron chi connectivity index (χ1n) is 5.87. The van der Waals surface area contributed by atoms with Crippen molar-refractivity contribution in [1.82, 2.24) is 0 Å². The van der Waals surface area contributed by atoms with Gasteiger partial charge in [0.2, 0.25) is 0 Å². The molecule has 0 spiro atoms. The highest BCUT2D eigenvalue weighted by Gasteiger charge is 2.17. The summed E-state index contributed by atoms with van der Waals surface area (Å²) in [6.45, 7) is -0.0491. The first-order chi connectivity index (χ1) is 9.58. The van der Waals surface area contributed by atoms with Crippen LogP contribution in [0, 0.1) is 10.1 Å². The summed E-state index contributed by atoms with van der Waals surface area (Å²) in [6, 6.07) is 13.5. The molecule has 1 unspecified atom stereocenters. The monoisotopic (exact) mass is 337 g/mol. The van der Waals surface area contributed by atoms with Gasteiger partial charge in [-0.1, -0.05) is 46.3 Å². The largest absolute Gasteiger partial charge is 0.484 e. The van der Waals surface area contributed by atoms with Crippen LogP contribution in [-0.4, -0.2) is 16.6 Å². The Balaban J connectivity index is 2.09. The molecule has 0 radical (unpaired) electrons. The van der Waals surface area contributed by atoms with E-state index >= 15 is 0 Å². The summed E-state index contributed by atoms with van der Waals surface area (Å²) in [5.74, 6) is 0.133. The molecule has 6 heteroatoms. The smallest absolute Gasteiger partial charge is 0.312 e. The minimum atomic E-state index is -0.834. The second-order valence-electron chi connectivity index (χ2n) is 4.11. The summed E-state index contributed by atoms with van der Waals surface area (Å²) in [4.78, 5) is 10.4. The van der Waals surface area contributed by atoms with Gasteiger partial charge in [0.05, 0.1) is 4.92 Å². The van der Waals surface area contributed by atoms with E-state index in [1.54, 1.807) is 30.3 Å². The predicted octanol–water partition coefficient (Wildman–Crippen LogP) is 3.47. The van der Waals surface area contributed by atoms with Crippen LogP contribution in [0.4, 0.5) is 5.69 Å². The topological polar surface area (TPSA) is 72.6 Å². The van der Waals surface area contributed by atoms with Gasteiger partial charge in [0.15, 0.2) is 5.75 Å². The highest BCUT2D eigenvalue weighted by Crippen LogP contribution is 2.30. The molecule has 20 heavy (non-hydrogen) atoms. The van der Waals surface area contributed by atoms with E-state index in [1.807, 2.05) is 6.07 Å². The molecule has 1 N–H and O–H groups in total. The van der Waals surface area contributed by atoms with Crippen LogP contribution in [0.1, 0.15) is 11.7 Å². The van der Waals surface area contributed by atoms with E-state index in [0.717, 1.165) is 0 Å². The third kappa shape index (κ3) is 3.55. The lowest BCUT2D eigenvalue weighted by Gasteiger charge is -2.12. The van der Waals surface area contributed by atoms with Crippen molar-refractivity contribution in [1.29, 1.82) is 0 Å². The minimum absolute atomic E-state index is 0.0491. The molecule has 1 atom stereocenters. The third-order valence-corrected chi connectivity index (χ3v) is 3.19. The second kappa shape index (κ2) is 6.49. The Bertz CT molecular complexity index is 603. The highest BCUT2D eigenvalue weighted by atomic mass is 79.9. The molecule has 0 saturated heterocycles. The predicted molar refractivity (Wildman–Crippen MR) is 77.7 cm³/mol. The van der Waals surface area contributed by atoms with Crippen molar-refractivity contribution in [2.24, 2.45) is 0 Å². The molecule has 0 fully saturated rings. The molecular weight excluding hydrogens is 326 g/mol. The summed E-state index contributed by atoms with van der Waals surface area (Å²) in [7, 11) is 0. The molecule has 5 nitrogen and oxygen atoms in total. The Hall–Kier alpha value is -1.92. The van der Waals surface area contributed by atoms with Crippen molar-refractivity contribution in [2.75, 3.05) is 6.61 Å². The molecule has 0 heterocycles. The molecule has 0 bridgehead atoms. The van der Waals surface area contributed by atoms with Crippen LogP contribution in [0.5, 0.6) is 5.75 Å². The summed E-state index contributed by atoms with van der Waals surface area (Å²) >= 11 is 3.17. The standard InChI is InChI=1S/C14H12BrNO4/c15-11-6-7-14(12(8-11)16(18)19)20-9-13(17)10-4-2-1-3-5-10/h1-8,13,17H,9H2. The van der Waals surface area contributed by atoms with E-state index in [2.05, 4.69) is 15.9 Å². The molecule has 0 saturated carbocycles. The van der Waals surface area contributed by atoms with Crippen LogP contribution >= 0.6 is 15.9 Å². The molecule has 0 aliphatic heterocycles. The van der Waals surface area contributed by atoms with Crippen molar-refractivity contribution in [3.8, 4) is 5.75 Å². The van der Waals surface area contributed by atoms with Gasteiger partial charge in [-0.3, -0.25) is 10.1 Å². The number of rotatable bonds is 5. The number of aliphatic hydroxyl groups excluding tert-OH is 1. The summed E-state index contributed by atoms with van der Waals surface area (Å²) in [5.41, 5.74) is 0.562. The fourth-order valence-corrected chi connectivity index (χ4v) is 2.04. The van der Waals surface area contributed by atoms with Crippen LogP contribution < -0.4 is 4.74 Å².